The summed E-state index contributed by atoms with van der Waals surface area (Å²) in [4.78, 5) is 0. The number of fused-ring (bicyclic) bond motifs is 2. The van der Waals surface area contributed by atoms with Gasteiger partial charge in [0.15, 0.2) is 0 Å². The molecule has 0 saturated carbocycles. The fraction of sp³-hybridized carbons (Fsp3) is 0.227. The van der Waals surface area contributed by atoms with Crippen molar-refractivity contribution in [3.8, 4) is 0 Å². The van der Waals surface area contributed by atoms with Crippen LogP contribution in [0.3, 0.4) is 0 Å². The molecule has 0 heterocycles. The minimum atomic E-state index is -3.05. The van der Waals surface area contributed by atoms with Crippen LogP contribution in [0.1, 0.15) is 47.9 Å². The second-order valence-electron chi connectivity index (χ2n) is 7.12. The van der Waals surface area contributed by atoms with E-state index in [0.717, 1.165) is 0 Å². The van der Waals surface area contributed by atoms with Gasteiger partial charge < -0.3 is 0 Å². The van der Waals surface area contributed by atoms with Gasteiger partial charge in [0.1, 0.15) is 0 Å². The number of halogens is 1. The number of benzene rings is 2. The van der Waals surface area contributed by atoms with E-state index in [4.69, 9.17) is 15.8 Å². The molecule has 0 spiro atoms. The van der Waals surface area contributed by atoms with Gasteiger partial charge in [0.2, 0.25) is 0 Å². The Morgan fingerprint density at radius 3 is 1.62 bits per heavy atom. The van der Waals surface area contributed by atoms with Crippen molar-refractivity contribution in [1.29, 1.82) is 0 Å². The quantitative estimate of drug-likeness (QED) is 0.535. The molecular formula is C22H22ClZr. The topological polar surface area (TPSA) is 0 Å². The maximum absolute atomic E-state index is 6.63. The van der Waals surface area contributed by atoms with E-state index in [0.29, 0.717) is 15.4 Å². The molecule has 0 nitrogen and oxygen atoms in total. The van der Waals surface area contributed by atoms with Crippen molar-refractivity contribution in [3.63, 3.8) is 0 Å². The van der Waals surface area contributed by atoms with Crippen LogP contribution in [-0.2, 0) is 19.8 Å². The van der Waals surface area contributed by atoms with Gasteiger partial charge in [-0.3, -0.25) is 0 Å². The van der Waals surface area contributed by atoms with Crippen molar-refractivity contribution in [2.24, 2.45) is 0 Å². The van der Waals surface area contributed by atoms with Gasteiger partial charge in [0.25, 0.3) is 0 Å². The molecule has 0 aromatic heterocycles. The maximum atomic E-state index is 6.63. The van der Waals surface area contributed by atoms with Crippen LogP contribution < -0.4 is 0 Å². The molecule has 0 N–H and O–H groups in total. The first-order valence-electron chi connectivity index (χ1n) is 8.59. The van der Waals surface area contributed by atoms with E-state index in [2.05, 4.69) is 74.5 Å². The number of hydrogen-bond acceptors (Lipinski definition) is 0. The average Bonchev–Trinajstić information content (AvgIpc) is 3.14. The zero-order chi connectivity index (χ0) is 16.9. The summed E-state index contributed by atoms with van der Waals surface area (Å²) in [6, 6.07) is 17.5. The third-order valence-electron chi connectivity index (χ3n) is 5.81. The van der Waals surface area contributed by atoms with Crippen LogP contribution in [0, 0.1) is 0 Å². The van der Waals surface area contributed by atoms with Crippen molar-refractivity contribution in [1.82, 2.24) is 0 Å². The molecule has 0 radical (unpaired) electrons. The van der Waals surface area contributed by atoms with E-state index >= 15 is 0 Å². The van der Waals surface area contributed by atoms with Gasteiger partial charge >= 0.3 is 154 Å². The van der Waals surface area contributed by atoms with Crippen LogP contribution in [0.25, 0.3) is 12.2 Å². The molecule has 0 fully saturated rings. The van der Waals surface area contributed by atoms with E-state index in [-0.39, 0.29) is 0 Å². The van der Waals surface area contributed by atoms with Gasteiger partial charge in [0, 0.05) is 0 Å². The Balaban J connectivity index is 1.82. The SMILES string of the molecule is [CH2]=[Zr]([CH2]Cl)([C]1=Cc2ccccc2C1C)[C]1=Cc2ccccc2C1C. The summed E-state index contributed by atoms with van der Waals surface area (Å²) in [7, 11) is 0. The van der Waals surface area contributed by atoms with Gasteiger partial charge in [-0.15, -0.1) is 0 Å². The van der Waals surface area contributed by atoms with E-state index in [1.807, 2.05) is 0 Å². The Kier molecular flexibility index (Phi) is 4.14. The van der Waals surface area contributed by atoms with E-state index in [1.165, 1.54) is 22.3 Å². The zero-order valence-corrected chi connectivity index (χ0v) is 17.4. The normalized spacial score (nSPS) is 24.0. The summed E-state index contributed by atoms with van der Waals surface area (Å²) in [5.74, 6) is 0.898. The summed E-state index contributed by atoms with van der Waals surface area (Å²) >= 11 is 3.58. The van der Waals surface area contributed by atoms with Crippen molar-refractivity contribution >= 4 is 28.0 Å². The third-order valence-corrected chi connectivity index (χ3v) is 17.9. The molecular weight excluding hydrogens is 391 g/mol. The Bertz CT molecular complexity index is 848. The van der Waals surface area contributed by atoms with Crippen LogP contribution in [0.2, 0.25) is 0 Å². The molecule has 2 atom stereocenters. The predicted molar refractivity (Wildman–Crippen MR) is 104 cm³/mol. The van der Waals surface area contributed by atoms with Crippen LogP contribution in [-0.4, -0.2) is 7.80 Å². The first-order chi connectivity index (χ1) is 11.6. The van der Waals surface area contributed by atoms with Gasteiger partial charge in [-0.2, -0.15) is 0 Å². The number of alkyl halides is 1. The summed E-state index contributed by atoms with van der Waals surface area (Å²) in [5.41, 5.74) is 5.59. The molecule has 2 aromatic rings. The monoisotopic (exact) mass is 411 g/mol. The number of rotatable bonds is 3. The van der Waals surface area contributed by atoms with E-state index < -0.39 is 19.8 Å². The second-order valence-corrected chi connectivity index (χ2v) is 17.5. The summed E-state index contributed by atoms with van der Waals surface area (Å²) in [6.45, 7) is 4.66. The van der Waals surface area contributed by atoms with Gasteiger partial charge in [-0.1, -0.05) is 0 Å². The van der Waals surface area contributed by atoms with Gasteiger partial charge in [0.05, 0.1) is 0 Å². The fourth-order valence-corrected chi connectivity index (χ4v) is 14.8. The van der Waals surface area contributed by atoms with Gasteiger partial charge in [-0.05, 0) is 0 Å². The fourth-order valence-electron chi connectivity index (χ4n) is 4.42. The first kappa shape index (κ1) is 16.4. The number of hydrogen-bond donors (Lipinski definition) is 0. The molecule has 0 amide bonds. The van der Waals surface area contributed by atoms with Crippen molar-refractivity contribution < 1.29 is 19.8 Å². The average molecular weight is 413 g/mol. The molecule has 2 aliphatic carbocycles. The Morgan fingerprint density at radius 1 is 0.833 bits per heavy atom. The van der Waals surface area contributed by atoms with Crippen LogP contribution >= 0.6 is 11.6 Å². The van der Waals surface area contributed by atoms with E-state index in [1.54, 1.807) is 6.56 Å². The van der Waals surface area contributed by atoms with Crippen LogP contribution in [0.15, 0.2) is 55.1 Å². The standard InChI is InChI=1S/2C10H9.CH2Cl.CH2.Zr/c2*1-8-6-7-9-4-2-3-5-10(8)9;1-2;;/h2*2-5,7-8H,1H3;1H2;1H2;. The Hall–Kier alpha value is -1.04. The molecule has 0 saturated heterocycles. The molecule has 24 heavy (non-hydrogen) atoms. The summed E-state index contributed by atoms with van der Waals surface area (Å²) < 4.78 is 8.67. The predicted octanol–water partition coefficient (Wildman–Crippen LogP) is 6.09. The Labute approximate surface area is 153 Å². The molecule has 0 aliphatic heterocycles. The minimum absolute atomic E-state index is 0.449. The molecule has 4 rings (SSSR count). The molecule has 2 heteroatoms. The van der Waals surface area contributed by atoms with Gasteiger partial charge in [-0.25, -0.2) is 0 Å². The summed E-state index contributed by atoms with van der Waals surface area (Å²) in [5, 5.41) is 0. The van der Waals surface area contributed by atoms with Crippen LogP contribution in [0.4, 0.5) is 0 Å². The first-order valence-corrected chi connectivity index (χ1v) is 15.1. The second kappa shape index (κ2) is 6.04. The zero-order valence-electron chi connectivity index (χ0n) is 14.2. The molecule has 0 bridgehead atoms. The van der Waals surface area contributed by atoms with E-state index in [9.17, 15) is 0 Å². The molecule has 2 aromatic carbocycles. The third kappa shape index (κ3) is 2.32. The molecule has 2 aliphatic rings. The van der Waals surface area contributed by atoms with Crippen molar-refractivity contribution in [2.45, 2.75) is 25.7 Å². The Morgan fingerprint density at radius 2 is 1.25 bits per heavy atom. The van der Waals surface area contributed by atoms with Crippen molar-refractivity contribution in [2.75, 3.05) is 3.59 Å². The van der Waals surface area contributed by atoms with Crippen molar-refractivity contribution in [3.05, 3.63) is 77.3 Å². The van der Waals surface area contributed by atoms with Crippen LogP contribution in [0.5, 0.6) is 0 Å². The molecule has 2 unspecified atom stereocenters. The summed E-state index contributed by atoms with van der Waals surface area (Å²) in [6.07, 6.45) is 4.81. The molecule has 121 valence electrons. The number of allylic oxidation sites excluding steroid dienone is 2.